The molecule has 6 nitrogen and oxygen atoms in total. The van der Waals surface area contributed by atoms with Gasteiger partial charge in [0.05, 0.1) is 6.54 Å². The molecule has 1 aromatic heterocycles. The molecule has 0 radical (unpaired) electrons. The molecule has 0 aliphatic heterocycles. The number of carbonyl (C=O) groups is 1. The van der Waals surface area contributed by atoms with Crippen LogP contribution in [0, 0.1) is 0 Å². The van der Waals surface area contributed by atoms with Crippen molar-refractivity contribution in [1.82, 2.24) is 15.3 Å². The highest BCUT2D eigenvalue weighted by molar-refractivity contribution is 7.98. The van der Waals surface area contributed by atoms with E-state index in [0.29, 0.717) is 17.0 Å². The van der Waals surface area contributed by atoms with Crippen molar-refractivity contribution in [3.05, 3.63) is 6.07 Å². The first-order valence-electron chi connectivity index (χ1n) is 6.91. The van der Waals surface area contributed by atoms with Gasteiger partial charge in [-0.1, -0.05) is 18.7 Å². The lowest BCUT2D eigenvalue weighted by Gasteiger charge is -2.10. The highest BCUT2D eigenvalue weighted by Crippen LogP contribution is 2.19. The third kappa shape index (κ3) is 4.88. The van der Waals surface area contributed by atoms with E-state index in [0.717, 1.165) is 31.6 Å². The molecular weight excluding hydrogens is 274 g/mol. The predicted octanol–water partition coefficient (Wildman–Crippen LogP) is 1.71. The van der Waals surface area contributed by atoms with Gasteiger partial charge in [-0.05, 0) is 25.5 Å². The Morgan fingerprint density at radius 3 is 2.65 bits per heavy atom. The van der Waals surface area contributed by atoms with Crippen LogP contribution in [0.3, 0.4) is 0 Å². The Balaban J connectivity index is 1.92. The van der Waals surface area contributed by atoms with Gasteiger partial charge >= 0.3 is 0 Å². The van der Waals surface area contributed by atoms with Crippen LogP contribution in [0.2, 0.25) is 0 Å². The Kier molecular flexibility index (Phi) is 5.46. The second kappa shape index (κ2) is 7.33. The summed E-state index contributed by atoms with van der Waals surface area (Å²) in [6.45, 7) is 3.21. The fourth-order valence-electron chi connectivity index (χ4n) is 1.63. The van der Waals surface area contributed by atoms with Crippen LogP contribution in [0.1, 0.15) is 26.2 Å². The van der Waals surface area contributed by atoms with Crippen LogP contribution in [0.15, 0.2) is 11.2 Å². The van der Waals surface area contributed by atoms with Gasteiger partial charge in [0.15, 0.2) is 5.16 Å². The van der Waals surface area contributed by atoms with E-state index < -0.39 is 0 Å². The number of thioether (sulfide) groups is 1. The molecule has 0 spiro atoms. The minimum atomic E-state index is 0.0138. The lowest BCUT2D eigenvalue weighted by molar-refractivity contribution is -0.119. The topological polar surface area (TPSA) is 78.9 Å². The van der Waals surface area contributed by atoms with E-state index in [1.807, 2.05) is 12.3 Å². The molecule has 3 N–H and O–H groups in total. The molecule has 1 aliphatic rings. The summed E-state index contributed by atoms with van der Waals surface area (Å²) in [4.78, 5) is 20.4. The van der Waals surface area contributed by atoms with Crippen molar-refractivity contribution in [3.63, 3.8) is 0 Å². The van der Waals surface area contributed by atoms with E-state index in [1.54, 1.807) is 0 Å². The number of hydrogen-bond donors (Lipinski definition) is 3. The minimum Gasteiger partial charge on any atom is -0.370 e. The number of anilines is 2. The van der Waals surface area contributed by atoms with Crippen LogP contribution < -0.4 is 16.0 Å². The quantitative estimate of drug-likeness (QED) is 0.500. The number of nitrogens with one attached hydrogen (secondary N) is 3. The molecule has 1 aromatic rings. The van der Waals surface area contributed by atoms with Crippen LogP contribution in [-0.2, 0) is 4.79 Å². The Morgan fingerprint density at radius 2 is 2.05 bits per heavy atom. The summed E-state index contributed by atoms with van der Waals surface area (Å²) in [5.41, 5.74) is 0. The Labute approximate surface area is 123 Å². The number of aromatic nitrogens is 2. The maximum Gasteiger partial charge on any atom is 0.239 e. The summed E-state index contributed by atoms with van der Waals surface area (Å²) >= 11 is 1.48. The summed E-state index contributed by atoms with van der Waals surface area (Å²) in [6, 6.07) is 2.22. The van der Waals surface area contributed by atoms with E-state index >= 15 is 0 Å². The highest BCUT2D eigenvalue weighted by Gasteiger charge is 2.22. The second-order valence-electron chi connectivity index (χ2n) is 4.75. The lowest BCUT2D eigenvalue weighted by atomic mass is 10.4. The number of hydrogen-bond acceptors (Lipinski definition) is 6. The van der Waals surface area contributed by atoms with Gasteiger partial charge in [-0.3, -0.25) is 4.79 Å². The van der Waals surface area contributed by atoms with E-state index in [2.05, 4.69) is 32.8 Å². The molecule has 1 heterocycles. The average molecular weight is 295 g/mol. The largest absolute Gasteiger partial charge is 0.370 e. The second-order valence-corrected chi connectivity index (χ2v) is 5.52. The summed E-state index contributed by atoms with van der Waals surface area (Å²) in [5, 5.41) is 9.91. The molecule has 0 bridgehead atoms. The number of nitrogens with zero attached hydrogens (tertiary/aromatic N) is 2. The molecular formula is C13H21N5OS. The number of rotatable bonds is 8. The lowest BCUT2D eigenvalue weighted by Crippen LogP contribution is -2.31. The third-order valence-corrected chi connectivity index (χ3v) is 3.36. The summed E-state index contributed by atoms with van der Waals surface area (Å²) in [6.07, 6.45) is 5.16. The monoisotopic (exact) mass is 295 g/mol. The first-order valence-corrected chi connectivity index (χ1v) is 8.14. The van der Waals surface area contributed by atoms with E-state index in [1.165, 1.54) is 11.8 Å². The van der Waals surface area contributed by atoms with E-state index in [4.69, 9.17) is 0 Å². The van der Waals surface area contributed by atoms with Gasteiger partial charge in [-0.2, -0.15) is 0 Å². The zero-order valence-electron chi connectivity index (χ0n) is 11.9. The number of amides is 1. The van der Waals surface area contributed by atoms with Crippen LogP contribution in [0.25, 0.3) is 0 Å². The summed E-state index contributed by atoms with van der Waals surface area (Å²) in [5.74, 6) is 1.48. The Bertz CT molecular complexity index is 464. The van der Waals surface area contributed by atoms with Crippen molar-refractivity contribution in [2.45, 2.75) is 37.4 Å². The molecule has 0 saturated heterocycles. The highest BCUT2D eigenvalue weighted by atomic mass is 32.2. The standard InChI is InChI=1S/C13H21N5OS/c1-3-6-14-10-7-11(18-13(17-10)20-2)15-8-12(19)16-9-4-5-9/h7,9H,3-6,8H2,1-2H3,(H,16,19)(H2,14,15,17,18). The normalized spacial score (nSPS) is 13.9. The average Bonchev–Trinajstić information content (AvgIpc) is 3.26. The molecule has 110 valence electrons. The summed E-state index contributed by atoms with van der Waals surface area (Å²) < 4.78 is 0. The fraction of sp³-hybridized carbons (Fsp3) is 0.615. The minimum absolute atomic E-state index is 0.0138. The fourth-order valence-corrected chi connectivity index (χ4v) is 2.01. The van der Waals surface area contributed by atoms with Crippen LogP contribution in [0.4, 0.5) is 11.6 Å². The molecule has 0 unspecified atom stereocenters. The molecule has 1 fully saturated rings. The van der Waals surface area contributed by atoms with Crippen molar-refractivity contribution in [2.24, 2.45) is 0 Å². The SMILES string of the molecule is CCCNc1cc(NCC(=O)NC2CC2)nc(SC)n1. The molecule has 0 aromatic carbocycles. The van der Waals surface area contributed by atoms with Crippen molar-refractivity contribution in [2.75, 3.05) is 30.0 Å². The summed E-state index contributed by atoms with van der Waals surface area (Å²) in [7, 11) is 0. The Morgan fingerprint density at radius 1 is 1.35 bits per heavy atom. The molecule has 0 atom stereocenters. The molecule has 1 amide bonds. The molecule has 7 heteroatoms. The molecule has 2 rings (SSSR count). The first kappa shape index (κ1) is 14.9. The van der Waals surface area contributed by atoms with Crippen LogP contribution in [0.5, 0.6) is 0 Å². The molecule has 1 saturated carbocycles. The molecule has 20 heavy (non-hydrogen) atoms. The van der Waals surface area contributed by atoms with Crippen molar-refractivity contribution in [3.8, 4) is 0 Å². The smallest absolute Gasteiger partial charge is 0.239 e. The van der Waals surface area contributed by atoms with Crippen LogP contribution >= 0.6 is 11.8 Å². The van der Waals surface area contributed by atoms with E-state index in [-0.39, 0.29) is 12.5 Å². The predicted molar refractivity (Wildman–Crippen MR) is 82.2 cm³/mol. The maximum absolute atomic E-state index is 11.6. The van der Waals surface area contributed by atoms with Gasteiger partial charge in [0, 0.05) is 18.7 Å². The first-order chi connectivity index (χ1) is 9.71. The van der Waals surface area contributed by atoms with Gasteiger partial charge in [-0.15, -0.1) is 0 Å². The van der Waals surface area contributed by atoms with Crippen LogP contribution in [-0.4, -0.2) is 41.3 Å². The van der Waals surface area contributed by atoms with Crippen molar-refractivity contribution < 1.29 is 4.79 Å². The van der Waals surface area contributed by atoms with Crippen molar-refractivity contribution >= 4 is 29.3 Å². The van der Waals surface area contributed by atoms with E-state index in [9.17, 15) is 4.79 Å². The van der Waals surface area contributed by atoms with Gasteiger partial charge in [0.2, 0.25) is 5.91 Å². The van der Waals surface area contributed by atoms with Gasteiger partial charge in [0.25, 0.3) is 0 Å². The van der Waals surface area contributed by atoms with Crippen molar-refractivity contribution in [1.29, 1.82) is 0 Å². The number of carbonyl (C=O) groups excluding carboxylic acids is 1. The third-order valence-electron chi connectivity index (χ3n) is 2.82. The zero-order valence-corrected chi connectivity index (χ0v) is 12.7. The maximum atomic E-state index is 11.6. The van der Waals surface area contributed by atoms with Gasteiger partial charge in [0.1, 0.15) is 11.6 Å². The Hall–Kier alpha value is -1.50. The van der Waals surface area contributed by atoms with Gasteiger partial charge < -0.3 is 16.0 Å². The van der Waals surface area contributed by atoms with Gasteiger partial charge in [-0.25, -0.2) is 9.97 Å². The molecule has 1 aliphatic carbocycles. The zero-order chi connectivity index (χ0) is 14.4.